The summed E-state index contributed by atoms with van der Waals surface area (Å²) in [7, 11) is 1.62. The summed E-state index contributed by atoms with van der Waals surface area (Å²) in [5.74, 6) is 0.145. The van der Waals surface area contributed by atoms with E-state index in [1.807, 2.05) is 60.7 Å². The Morgan fingerprint density at radius 1 is 0.966 bits per heavy atom. The SMILES string of the molecule is COc1ccc(Nc2ccccc2NC(=O)C[C@@H]2OC(=O)c3ccccc32)cc1. The maximum absolute atomic E-state index is 12.6. The summed E-state index contributed by atoms with van der Waals surface area (Å²) in [6, 6.07) is 22.1. The van der Waals surface area contributed by atoms with E-state index in [0.717, 1.165) is 22.7 Å². The van der Waals surface area contributed by atoms with Crippen LogP contribution in [-0.2, 0) is 9.53 Å². The molecule has 1 aliphatic rings. The number of amides is 1. The second-order valence-electron chi connectivity index (χ2n) is 6.63. The Labute approximate surface area is 168 Å². The predicted octanol–water partition coefficient (Wildman–Crippen LogP) is 4.68. The molecule has 6 heteroatoms. The number of ether oxygens (including phenoxy) is 2. The van der Waals surface area contributed by atoms with Crippen molar-refractivity contribution in [3.63, 3.8) is 0 Å². The molecule has 6 nitrogen and oxygen atoms in total. The van der Waals surface area contributed by atoms with E-state index in [1.165, 1.54) is 0 Å². The van der Waals surface area contributed by atoms with Gasteiger partial charge in [-0.1, -0.05) is 30.3 Å². The second-order valence-corrected chi connectivity index (χ2v) is 6.63. The van der Waals surface area contributed by atoms with Crippen molar-refractivity contribution in [2.75, 3.05) is 17.7 Å². The number of rotatable bonds is 6. The summed E-state index contributed by atoms with van der Waals surface area (Å²) in [5, 5.41) is 6.20. The standard InChI is InChI=1S/C23H20N2O4/c1-28-16-12-10-15(11-13-16)24-19-8-4-5-9-20(19)25-22(26)14-21-17-6-2-3-7-18(17)23(27)29-21/h2-13,21,24H,14H2,1H3,(H,25,26)/t21-/m0/s1. The molecule has 0 unspecified atom stereocenters. The van der Waals surface area contributed by atoms with Crippen LogP contribution in [0.15, 0.2) is 72.8 Å². The molecule has 0 aliphatic carbocycles. The van der Waals surface area contributed by atoms with Crippen molar-refractivity contribution in [2.45, 2.75) is 12.5 Å². The number of cyclic esters (lactones) is 1. The average Bonchev–Trinajstić information content (AvgIpc) is 3.05. The fourth-order valence-corrected chi connectivity index (χ4v) is 3.27. The van der Waals surface area contributed by atoms with Gasteiger partial charge in [-0.2, -0.15) is 0 Å². The van der Waals surface area contributed by atoms with Gasteiger partial charge >= 0.3 is 5.97 Å². The van der Waals surface area contributed by atoms with Crippen LogP contribution < -0.4 is 15.4 Å². The summed E-state index contributed by atoms with van der Waals surface area (Å²) in [6.07, 6.45) is -0.514. The molecule has 0 fully saturated rings. The quantitative estimate of drug-likeness (QED) is 0.600. The average molecular weight is 388 g/mol. The minimum Gasteiger partial charge on any atom is -0.497 e. The van der Waals surface area contributed by atoms with E-state index in [-0.39, 0.29) is 18.3 Å². The lowest BCUT2D eigenvalue weighted by atomic mass is 10.0. The Hall–Kier alpha value is -3.80. The van der Waals surface area contributed by atoms with Crippen molar-refractivity contribution >= 4 is 28.9 Å². The summed E-state index contributed by atoms with van der Waals surface area (Å²) >= 11 is 0. The first-order valence-corrected chi connectivity index (χ1v) is 9.24. The summed E-state index contributed by atoms with van der Waals surface area (Å²) < 4.78 is 10.5. The number of carbonyl (C=O) groups is 2. The summed E-state index contributed by atoms with van der Waals surface area (Å²) in [4.78, 5) is 24.6. The van der Waals surface area contributed by atoms with E-state index in [9.17, 15) is 9.59 Å². The van der Waals surface area contributed by atoms with E-state index < -0.39 is 6.10 Å². The van der Waals surface area contributed by atoms with Crippen LogP contribution in [0.1, 0.15) is 28.4 Å². The minimum atomic E-state index is -0.569. The number of anilines is 3. The normalized spacial score (nSPS) is 14.7. The smallest absolute Gasteiger partial charge is 0.339 e. The van der Waals surface area contributed by atoms with Crippen LogP contribution in [0, 0.1) is 0 Å². The molecule has 3 aromatic rings. The molecule has 146 valence electrons. The Morgan fingerprint density at radius 3 is 2.41 bits per heavy atom. The van der Waals surface area contributed by atoms with Crippen molar-refractivity contribution < 1.29 is 19.1 Å². The number of nitrogens with one attached hydrogen (secondary N) is 2. The lowest BCUT2D eigenvalue weighted by Crippen LogP contribution is -2.16. The third-order valence-electron chi connectivity index (χ3n) is 4.72. The van der Waals surface area contributed by atoms with Crippen molar-refractivity contribution in [2.24, 2.45) is 0 Å². The highest BCUT2D eigenvalue weighted by molar-refractivity contribution is 5.98. The number of benzene rings is 3. The molecule has 4 rings (SSSR count). The maximum Gasteiger partial charge on any atom is 0.339 e. The zero-order valence-corrected chi connectivity index (χ0v) is 15.8. The molecule has 1 atom stereocenters. The summed E-state index contributed by atoms with van der Waals surface area (Å²) in [5.41, 5.74) is 3.54. The number of hydrogen-bond acceptors (Lipinski definition) is 5. The van der Waals surface area contributed by atoms with Gasteiger partial charge in [-0.3, -0.25) is 4.79 Å². The molecule has 1 aliphatic heterocycles. The highest BCUT2D eigenvalue weighted by Crippen LogP contribution is 2.33. The highest BCUT2D eigenvalue weighted by Gasteiger charge is 2.32. The number of hydrogen-bond donors (Lipinski definition) is 2. The number of carbonyl (C=O) groups excluding carboxylic acids is 2. The highest BCUT2D eigenvalue weighted by atomic mass is 16.5. The molecule has 3 aromatic carbocycles. The van der Waals surface area contributed by atoms with Crippen molar-refractivity contribution in [1.29, 1.82) is 0 Å². The second kappa shape index (κ2) is 8.06. The van der Waals surface area contributed by atoms with Crippen LogP contribution in [-0.4, -0.2) is 19.0 Å². The molecule has 0 spiro atoms. The molecule has 2 N–H and O–H groups in total. The number of fused-ring (bicyclic) bond motifs is 1. The zero-order valence-electron chi connectivity index (χ0n) is 15.8. The zero-order chi connectivity index (χ0) is 20.2. The topological polar surface area (TPSA) is 76.7 Å². The van der Waals surface area contributed by atoms with Crippen LogP contribution in [0.5, 0.6) is 5.75 Å². The fourth-order valence-electron chi connectivity index (χ4n) is 3.27. The molecule has 0 saturated carbocycles. The van der Waals surface area contributed by atoms with Gasteiger partial charge in [-0.15, -0.1) is 0 Å². The van der Waals surface area contributed by atoms with E-state index in [0.29, 0.717) is 11.3 Å². The first-order valence-electron chi connectivity index (χ1n) is 9.24. The van der Waals surface area contributed by atoms with Gasteiger partial charge in [0.1, 0.15) is 11.9 Å². The molecular formula is C23H20N2O4. The Balaban J connectivity index is 1.46. The maximum atomic E-state index is 12.6. The molecule has 0 radical (unpaired) electrons. The predicted molar refractivity (Wildman–Crippen MR) is 111 cm³/mol. The lowest BCUT2D eigenvalue weighted by Gasteiger charge is -2.15. The largest absolute Gasteiger partial charge is 0.497 e. The van der Waals surface area contributed by atoms with Crippen LogP contribution in [0.25, 0.3) is 0 Å². The number of esters is 1. The molecule has 0 bridgehead atoms. The van der Waals surface area contributed by atoms with Crippen molar-refractivity contribution in [1.82, 2.24) is 0 Å². The van der Waals surface area contributed by atoms with Crippen molar-refractivity contribution in [3.8, 4) is 5.75 Å². The third kappa shape index (κ3) is 4.06. The number of methoxy groups -OCH3 is 1. The molecule has 1 heterocycles. The lowest BCUT2D eigenvalue weighted by molar-refractivity contribution is -0.118. The van der Waals surface area contributed by atoms with E-state index in [2.05, 4.69) is 10.6 Å². The molecule has 1 amide bonds. The van der Waals surface area contributed by atoms with Gasteiger partial charge in [-0.05, 0) is 42.5 Å². The summed E-state index contributed by atoms with van der Waals surface area (Å²) in [6.45, 7) is 0. The van der Waals surface area contributed by atoms with Gasteiger partial charge in [0, 0.05) is 11.3 Å². The Kier molecular flexibility index (Phi) is 5.16. The minimum absolute atomic E-state index is 0.0552. The molecular weight excluding hydrogens is 368 g/mol. The van der Waals surface area contributed by atoms with Gasteiger partial charge in [0.25, 0.3) is 0 Å². The van der Waals surface area contributed by atoms with Gasteiger partial charge in [0.05, 0.1) is 30.5 Å². The Bertz CT molecular complexity index is 1050. The van der Waals surface area contributed by atoms with Crippen LogP contribution >= 0.6 is 0 Å². The van der Waals surface area contributed by atoms with Crippen molar-refractivity contribution in [3.05, 3.63) is 83.9 Å². The first kappa shape index (κ1) is 18.6. The van der Waals surface area contributed by atoms with Crippen LogP contribution in [0.2, 0.25) is 0 Å². The molecule has 0 aromatic heterocycles. The number of para-hydroxylation sites is 2. The van der Waals surface area contributed by atoms with E-state index >= 15 is 0 Å². The van der Waals surface area contributed by atoms with E-state index in [1.54, 1.807) is 19.2 Å². The van der Waals surface area contributed by atoms with Gasteiger partial charge in [-0.25, -0.2) is 4.79 Å². The first-order chi connectivity index (χ1) is 14.1. The Morgan fingerprint density at radius 2 is 1.66 bits per heavy atom. The van der Waals surface area contributed by atoms with Gasteiger partial charge in [0.15, 0.2) is 0 Å². The molecule has 29 heavy (non-hydrogen) atoms. The van der Waals surface area contributed by atoms with Crippen LogP contribution in [0.4, 0.5) is 17.1 Å². The van der Waals surface area contributed by atoms with Crippen LogP contribution in [0.3, 0.4) is 0 Å². The van der Waals surface area contributed by atoms with Gasteiger partial charge < -0.3 is 20.1 Å². The van der Waals surface area contributed by atoms with Gasteiger partial charge in [0.2, 0.25) is 5.91 Å². The van der Waals surface area contributed by atoms with E-state index in [4.69, 9.17) is 9.47 Å². The third-order valence-corrected chi connectivity index (χ3v) is 4.72. The molecule has 0 saturated heterocycles. The fraction of sp³-hybridized carbons (Fsp3) is 0.130. The monoisotopic (exact) mass is 388 g/mol.